The van der Waals surface area contributed by atoms with Crippen molar-refractivity contribution < 1.29 is 9.90 Å². The van der Waals surface area contributed by atoms with Gasteiger partial charge in [0.15, 0.2) is 0 Å². The molecule has 1 amide bonds. The van der Waals surface area contributed by atoms with Gasteiger partial charge in [0.1, 0.15) is 5.75 Å². The third kappa shape index (κ3) is 2.95. The minimum absolute atomic E-state index is 0.0530. The van der Waals surface area contributed by atoms with Crippen LogP contribution in [0, 0.1) is 6.92 Å². The van der Waals surface area contributed by atoms with Crippen LogP contribution in [0.25, 0.3) is 0 Å². The summed E-state index contributed by atoms with van der Waals surface area (Å²) in [6.45, 7) is 3.72. The molecular weight excluding hydrogens is 192 g/mol. The van der Waals surface area contributed by atoms with Gasteiger partial charge in [0.25, 0.3) is 0 Å². The number of rotatable bonds is 3. The lowest BCUT2D eigenvalue weighted by molar-refractivity contribution is -0.117. The number of nitrogens with two attached hydrogens (primary N) is 1. The molecule has 82 valence electrons. The average molecular weight is 208 g/mol. The summed E-state index contributed by atoms with van der Waals surface area (Å²) in [6.07, 6.45) is 0.568. The minimum Gasteiger partial charge on any atom is -0.506 e. The van der Waals surface area contributed by atoms with Crippen molar-refractivity contribution in [2.75, 3.05) is 5.32 Å². The first-order valence-corrected chi connectivity index (χ1v) is 4.90. The van der Waals surface area contributed by atoms with E-state index in [2.05, 4.69) is 5.32 Å². The summed E-state index contributed by atoms with van der Waals surface area (Å²) in [5.41, 5.74) is 6.93. The van der Waals surface area contributed by atoms with Crippen LogP contribution in [-0.4, -0.2) is 17.1 Å². The lowest BCUT2D eigenvalue weighted by Crippen LogP contribution is -2.34. The molecule has 0 aliphatic heterocycles. The van der Waals surface area contributed by atoms with E-state index in [1.165, 1.54) is 0 Å². The fourth-order valence-corrected chi connectivity index (χ4v) is 1.16. The first-order chi connectivity index (χ1) is 7.04. The van der Waals surface area contributed by atoms with Crippen LogP contribution in [0.1, 0.15) is 18.9 Å². The summed E-state index contributed by atoms with van der Waals surface area (Å²) in [5, 5.41) is 12.1. The average Bonchev–Trinajstić information content (AvgIpc) is 2.22. The Morgan fingerprint density at radius 2 is 2.27 bits per heavy atom. The zero-order valence-electron chi connectivity index (χ0n) is 8.95. The van der Waals surface area contributed by atoms with E-state index >= 15 is 0 Å². The Bertz CT molecular complexity index is 364. The molecule has 0 bridgehead atoms. The van der Waals surface area contributed by atoms with E-state index in [1.807, 2.05) is 13.8 Å². The summed E-state index contributed by atoms with van der Waals surface area (Å²) in [5.74, 6) is -0.226. The molecule has 0 unspecified atom stereocenters. The zero-order valence-corrected chi connectivity index (χ0v) is 8.95. The second kappa shape index (κ2) is 4.79. The molecule has 4 N–H and O–H groups in total. The molecule has 15 heavy (non-hydrogen) atoms. The second-order valence-corrected chi connectivity index (χ2v) is 3.52. The smallest absolute Gasteiger partial charge is 0.241 e. The number of nitrogens with one attached hydrogen (secondary N) is 1. The highest BCUT2D eigenvalue weighted by atomic mass is 16.3. The van der Waals surface area contributed by atoms with Crippen LogP contribution < -0.4 is 11.1 Å². The Morgan fingerprint density at radius 3 is 2.87 bits per heavy atom. The van der Waals surface area contributed by atoms with Crippen LogP contribution in [0.15, 0.2) is 18.2 Å². The Balaban J connectivity index is 2.80. The highest BCUT2D eigenvalue weighted by Crippen LogP contribution is 2.23. The normalized spacial score (nSPS) is 12.2. The number of aryl methyl sites for hydroxylation is 1. The van der Waals surface area contributed by atoms with Gasteiger partial charge >= 0.3 is 0 Å². The highest BCUT2D eigenvalue weighted by Gasteiger charge is 2.12. The van der Waals surface area contributed by atoms with Gasteiger partial charge in [0.05, 0.1) is 11.7 Å². The molecular formula is C11H16N2O2. The van der Waals surface area contributed by atoms with Crippen molar-refractivity contribution in [1.82, 2.24) is 0 Å². The number of phenolic OH excluding ortho intramolecular Hbond substituents is 1. The number of aromatic hydroxyl groups is 1. The van der Waals surface area contributed by atoms with Gasteiger partial charge in [0.2, 0.25) is 5.91 Å². The molecule has 4 heteroatoms. The number of carbonyl (C=O) groups excluding carboxylic acids is 1. The van der Waals surface area contributed by atoms with Crippen LogP contribution in [0.3, 0.4) is 0 Å². The number of benzene rings is 1. The van der Waals surface area contributed by atoms with Gasteiger partial charge in [-0.2, -0.15) is 0 Å². The van der Waals surface area contributed by atoms with Gasteiger partial charge in [-0.3, -0.25) is 4.79 Å². The van der Waals surface area contributed by atoms with Crippen molar-refractivity contribution >= 4 is 11.6 Å². The van der Waals surface area contributed by atoms with Gasteiger partial charge in [-0.15, -0.1) is 0 Å². The summed E-state index contributed by atoms with van der Waals surface area (Å²) < 4.78 is 0. The monoisotopic (exact) mass is 208 g/mol. The standard InChI is InChI=1S/C11H16N2O2/c1-3-8(12)11(15)13-9-6-7(2)4-5-10(9)14/h4-6,8,14H,3,12H2,1-2H3,(H,13,15)/t8-/m1/s1. The van der Waals surface area contributed by atoms with Crippen molar-refractivity contribution in [1.29, 1.82) is 0 Å². The molecule has 4 nitrogen and oxygen atoms in total. The summed E-state index contributed by atoms with van der Waals surface area (Å²) in [6, 6.07) is 4.48. The first-order valence-electron chi connectivity index (χ1n) is 4.90. The number of amides is 1. The van der Waals surface area contributed by atoms with Crippen LogP contribution in [0.4, 0.5) is 5.69 Å². The van der Waals surface area contributed by atoms with Crippen molar-refractivity contribution in [3.05, 3.63) is 23.8 Å². The number of hydrogen-bond donors (Lipinski definition) is 3. The molecule has 0 aromatic heterocycles. The Morgan fingerprint density at radius 1 is 1.60 bits per heavy atom. The van der Waals surface area contributed by atoms with Gasteiger partial charge in [-0.05, 0) is 31.0 Å². The van der Waals surface area contributed by atoms with Crippen LogP contribution in [-0.2, 0) is 4.79 Å². The highest BCUT2D eigenvalue weighted by molar-refractivity contribution is 5.95. The van der Waals surface area contributed by atoms with E-state index in [4.69, 9.17) is 5.73 Å². The van der Waals surface area contributed by atoms with Crippen LogP contribution in [0.5, 0.6) is 5.75 Å². The van der Waals surface area contributed by atoms with Crippen molar-refractivity contribution in [2.45, 2.75) is 26.3 Å². The van der Waals surface area contributed by atoms with E-state index in [0.717, 1.165) is 5.56 Å². The molecule has 1 aromatic carbocycles. The quantitative estimate of drug-likeness (QED) is 0.657. The third-order valence-corrected chi connectivity index (χ3v) is 2.19. The van der Waals surface area contributed by atoms with Crippen LogP contribution in [0.2, 0.25) is 0 Å². The molecule has 1 atom stereocenters. The minimum atomic E-state index is -0.537. The predicted octanol–water partition coefficient (Wildman–Crippen LogP) is 1.38. The molecule has 0 saturated carbocycles. The van der Waals surface area contributed by atoms with E-state index in [0.29, 0.717) is 12.1 Å². The maximum atomic E-state index is 11.5. The van der Waals surface area contributed by atoms with Gasteiger partial charge < -0.3 is 16.2 Å². The lowest BCUT2D eigenvalue weighted by Gasteiger charge is -2.11. The fourth-order valence-electron chi connectivity index (χ4n) is 1.16. The van der Waals surface area contributed by atoms with E-state index in [9.17, 15) is 9.90 Å². The molecule has 0 spiro atoms. The largest absolute Gasteiger partial charge is 0.506 e. The molecule has 0 saturated heterocycles. The van der Waals surface area contributed by atoms with E-state index in [-0.39, 0.29) is 11.7 Å². The van der Waals surface area contributed by atoms with E-state index < -0.39 is 6.04 Å². The molecule has 0 aliphatic carbocycles. The topological polar surface area (TPSA) is 75.4 Å². The Hall–Kier alpha value is -1.55. The summed E-state index contributed by atoms with van der Waals surface area (Å²) >= 11 is 0. The summed E-state index contributed by atoms with van der Waals surface area (Å²) in [7, 11) is 0. The van der Waals surface area contributed by atoms with Crippen LogP contribution >= 0.6 is 0 Å². The number of carbonyl (C=O) groups is 1. The van der Waals surface area contributed by atoms with Crippen molar-refractivity contribution in [2.24, 2.45) is 5.73 Å². The van der Waals surface area contributed by atoms with Crippen molar-refractivity contribution in [3.63, 3.8) is 0 Å². The number of hydrogen-bond acceptors (Lipinski definition) is 3. The molecule has 0 radical (unpaired) electrons. The second-order valence-electron chi connectivity index (χ2n) is 3.52. The van der Waals surface area contributed by atoms with Gasteiger partial charge in [-0.1, -0.05) is 13.0 Å². The third-order valence-electron chi connectivity index (χ3n) is 2.19. The molecule has 1 aromatic rings. The Labute approximate surface area is 89.1 Å². The molecule has 1 rings (SSSR count). The van der Waals surface area contributed by atoms with Gasteiger partial charge in [-0.25, -0.2) is 0 Å². The van der Waals surface area contributed by atoms with Crippen molar-refractivity contribution in [3.8, 4) is 5.75 Å². The molecule has 0 heterocycles. The zero-order chi connectivity index (χ0) is 11.4. The number of phenols is 1. The molecule has 0 aliphatic rings. The number of anilines is 1. The lowest BCUT2D eigenvalue weighted by atomic mass is 10.2. The summed E-state index contributed by atoms with van der Waals surface area (Å²) in [4.78, 5) is 11.5. The fraction of sp³-hybridized carbons (Fsp3) is 0.364. The maximum Gasteiger partial charge on any atom is 0.241 e. The molecule has 0 fully saturated rings. The SMILES string of the molecule is CC[C@@H](N)C(=O)Nc1cc(C)ccc1O. The first kappa shape index (κ1) is 11.5. The predicted molar refractivity (Wildman–Crippen MR) is 59.7 cm³/mol. The Kier molecular flexibility index (Phi) is 3.68. The van der Waals surface area contributed by atoms with Gasteiger partial charge in [0, 0.05) is 0 Å². The maximum absolute atomic E-state index is 11.5. The van der Waals surface area contributed by atoms with E-state index in [1.54, 1.807) is 18.2 Å².